The fourth-order valence-electron chi connectivity index (χ4n) is 2.84. The lowest BCUT2D eigenvalue weighted by atomic mass is 10.1. The van der Waals surface area contributed by atoms with E-state index in [2.05, 4.69) is 25.1 Å². The second kappa shape index (κ2) is 8.54. The molecular formula is C19H12ClF6N5O. The summed E-state index contributed by atoms with van der Waals surface area (Å²) in [6.45, 7) is 0. The van der Waals surface area contributed by atoms with Crippen molar-refractivity contribution in [1.82, 2.24) is 19.6 Å². The summed E-state index contributed by atoms with van der Waals surface area (Å²) in [4.78, 5) is 7.94. The van der Waals surface area contributed by atoms with Crippen LogP contribution in [0.2, 0.25) is 0 Å². The van der Waals surface area contributed by atoms with Crippen LogP contribution >= 0.6 is 12.4 Å². The van der Waals surface area contributed by atoms with Crippen LogP contribution in [0.15, 0.2) is 61.1 Å². The molecule has 0 aliphatic carbocycles. The van der Waals surface area contributed by atoms with E-state index in [0.29, 0.717) is 11.5 Å². The Hall–Kier alpha value is -3.54. The number of imidazole rings is 1. The van der Waals surface area contributed by atoms with Gasteiger partial charge in [-0.15, -0.1) is 25.6 Å². The summed E-state index contributed by atoms with van der Waals surface area (Å²) >= 11 is 0. The second-order valence-electron chi connectivity index (χ2n) is 6.25. The fourth-order valence-corrected chi connectivity index (χ4v) is 2.84. The predicted octanol–water partition coefficient (Wildman–Crippen LogP) is 5.87. The van der Waals surface area contributed by atoms with Crippen LogP contribution < -0.4 is 10.1 Å². The van der Waals surface area contributed by atoms with E-state index in [1.165, 1.54) is 47.4 Å². The highest BCUT2D eigenvalue weighted by Gasteiger charge is 2.34. The smallest absolute Gasteiger partial charge is 0.406 e. The Morgan fingerprint density at radius 2 is 1.62 bits per heavy atom. The summed E-state index contributed by atoms with van der Waals surface area (Å²) in [5, 5.41) is 7.03. The van der Waals surface area contributed by atoms with Crippen LogP contribution in [0.25, 0.3) is 16.9 Å². The average Bonchev–Trinajstić information content (AvgIpc) is 3.10. The van der Waals surface area contributed by atoms with Crippen LogP contribution in [0.5, 0.6) is 5.75 Å². The van der Waals surface area contributed by atoms with Gasteiger partial charge in [-0.2, -0.15) is 22.8 Å². The quantitative estimate of drug-likeness (QED) is 0.374. The number of fused-ring (bicyclic) bond motifs is 1. The molecule has 0 aliphatic heterocycles. The highest BCUT2D eigenvalue weighted by Crippen LogP contribution is 2.35. The number of nitrogens with zero attached hydrogens (tertiary/aromatic N) is 4. The number of anilines is 2. The molecule has 0 fully saturated rings. The topological polar surface area (TPSA) is 64.3 Å². The van der Waals surface area contributed by atoms with Gasteiger partial charge in [0.1, 0.15) is 5.75 Å². The van der Waals surface area contributed by atoms with E-state index in [0.717, 1.165) is 18.2 Å². The maximum Gasteiger partial charge on any atom is 0.573 e. The number of hydrogen-bond acceptors (Lipinski definition) is 5. The number of rotatable bonds is 4. The molecule has 4 rings (SSSR count). The largest absolute Gasteiger partial charge is 0.573 e. The van der Waals surface area contributed by atoms with E-state index in [4.69, 9.17) is 0 Å². The van der Waals surface area contributed by atoms with Crippen molar-refractivity contribution in [2.45, 2.75) is 12.5 Å². The zero-order chi connectivity index (χ0) is 22.2. The third kappa shape index (κ3) is 5.02. The highest BCUT2D eigenvalue weighted by molar-refractivity contribution is 5.85. The molecule has 0 atom stereocenters. The van der Waals surface area contributed by atoms with Crippen LogP contribution in [0.3, 0.4) is 0 Å². The van der Waals surface area contributed by atoms with E-state index < -0.39 is 18.1 Å². The van der Waals surface area contributed by atoms with Gasteiger partial charge in [-0.25, -0.2) is 4.98 Å². The highest BCUT2D eigenvalue weighted by atomic mass is 35.5. The molecule has 0 spiro atoms. The number of ether oxygens (including phenoxy) is 1. The van der Waals surface area contributed by atoms with Crippen molar-refractivity contribution >= 4 is 29.6 Å². The van der Waals surface area contributed by atoms with Gasteiger partial charge in [-0.3, -0.25) is 4.98 Å². The van der Waals surface area contributed by atoms with E-state index in [1.807, 2.05) is 0 Å². The Balaban J connectivity index is 0.00000289. The molecule has 0 unspecified atom stereocenters. The van der Waals surface area contributed by atoms with E-state index in [1.54, 1.807) is 0 Å². The van der Waals surface area contributed by atoms with E-state index in [-0.39, 0.29) is 35.1 Å². The van der Waals surface area contributed by atoms with Crippen LogP contribution in [0, 0.1) is 0 Å². The van der Waals surface area contributed by atoms with Gasteiger partial charge in [-0.1, -0.05) is 0 Å². The molecule has 3 heterocycles. The molecule has 0 aliphatic rings. The van der Waals surface area contributed by atoms with Crippen molar-refractivity contribution in [3.63, 3.8) is 0 Å². The number of benzene rings is 1. The fraction of sp³-hybridized carbons (Fsp3) is 0.105. The Morgan fingerprint density at radius 1 is 0.906 bits per heavy atom. The van der Waals surface area contributed by atoms with Gasteiger partial charge in [0.2, 0.25) is 0 Å². The number of alkyl halides is 6. The van der Waals surface area contributed by atoms with Crippen molar-refractivity contribution in [2.75, 3.05) is 5.32 Å². The lowest BCUT2D eigenvalue weighted by Gasteiger charge is -2.12. The van der Waals surface area contributed by atoms with Gasteiger partial charge in [0.05, 0.1) is 23.7 Å². The minimum Gasteiger partial charge on any atom is -0.406 e. The number of nitrogens with one attached hydrogen (secondary N) is 1. The molecule has 0 amide bonds. The zero-order valence-electron chi connectivity index (χ0n) is 15.6. The van der Waals surface area contributed by atoms with Crippen LogP contribution in [-0.2, 0) is 6.18 Å². The Kier molecular flexibility index (Phi) is 6.17. The number of hydrogen-bond donors (Lipinski definition) is 1. The minimum atomic E-state index is -4.79. The third-order valence-electron chi connectivity index (χ3n) is 4.11. The normalized spacial score (nSPS) is 11.8. The van der Waals surface area contributed by atoms with Gasteiger partial charge in [0, 0.05) is 17.4 Å². The first-order valence-electron chi connectivity index (χ1n) is 8.59. The van der Waals surface area contributed by atoms with Crippen molar-refractivity contribution in [1.29, 1.82) is 0 Å². The second-order valence-corrected chi connectivity index (χ2v) is 6.25. The molecule has 0 radical (unpaired) electrons. The zero-order valence-corrected chi connectivity index (χ0v) is 16.5. The molecule has 3 aromatic heterocycles. The maximum absolute atomic E-state index is 13.3. The molecule has 0 bridgehead atoms. The maximum atomic E-state index is 13.3. The minimum absolute atomic E-state index is 0. The SMILES string of the molecule is Cl.FC(F)(F)Oc1ccc(Nc2cnc3cc(-c4ncccc4C(F)(F)F)cnn23)cc1. The first kappa shape index (κ1) is 23.1. The van der Waals surface area contributed by atoms with Gasteiger partial charge < -0.3 is 10.1 Å². The molecule has 6 nitrogen and oxygen atoms in total. The summed E-state index contributed by atoms with van der Waals surface area (Å²) in [5.41, 5.74) is -0.372. The standard InChI is InChI=1S/C19H11F6N5O.ClH/c20-18(21,22)14-2-1-7-26-17(14)11-8-15-27-10-16(30(15)28-9-11)29-12-3-5-13(6-4-12)31-19(23,24)25;/h1-10,29H;1H. The molecule has 4 aromatic rings. The molecule has 0 saturated heterocycles. The van der Waals surface area contributed by atoms with Crippen molar-refractivity contribution in [2.24, 2.45) is 0 Å². The van der Waals surface area contributed by atoms with E-state index >= 15 is 0 Å². The monoisotopic (exact) mass is 475 g/mol. The van der Waals surface area contributed by atoms with Crippen LogP contribution in [-0.4, -0.2) is 25.9 Å². The molecule has 1 N–H and O–H groups in total. The predicted molar refractivity (Wildman–Crippen MR) is 105 cm³/mol. The third-order valence-corrected chi connectivity index (χ3v) is 4.11. The summed E-state index contributed by atoms with van der Waals surface area (Å²) < 4.78 is 81.6. The lowest BCUT2D eigenvalue weighted by molar-refractivity contribution is -0.274. The van der Waals surface area contributed by atoms with Crippen LogP contribution in [0.1, 0.15) is 5.56 Å². The lowest BCUT2D eigenvalue weighted by Crippen LogP contribution is -2.16. The molecule has 32 heavy (non-hydrogen) atoms. The van der Waals surface area contributed by atoms with Crippen molar-refractivity contribution in [3.8, 4) is 17.0 Å². The van der Waals surface area contributed by atoms with Gasteiger partial charge in [0.25, 0.3) is 0 Å². The summed E-state index contributed by atoms with van der Waals surface area (Å²) in [7, 11) is 0. The Labute approximate surface area is 182 Å². The van der Waals surface area contributed by atoms with Crippen molar-refractivity contribution in [3.05, 3.63) is 66.6 Å². The Bertz CT molecular complexity index is 1220. The number of aromatic nitrogens is 4. The number of halogens is 7. The van der Waals surface area contributed by atoms with Gasteiger partial charge in [0.15, 0.2) is 11.5 Å². The first-order valence-corrected chi connectivity index (χ1v) is 8.59. The van der Waals surface area contributed by atoms with Gasteiger partial charge >= 0.3 is 12.5 Å². The van der Waals surface area contributed by atoms with Crippen molar-refractivity contribution < 1.29 is 31.1 Å². The first-order chi connectivity index (χ1) is 14.6. The average molecular weight is 476 g/mol. The molecule has 0 saturated carbocycles. The molecular weight excluding hydrogens is 464 g/mol. The molecule has 13 heteroatoms. The van der Waals surface area contributed by atoms with E-state index in [9.17, 15) is 26.3 Å². The summed E-state index contributed by atoms with van der Waals surface area (Å²) in [5.74, 6) is -0.0297. The molecule has 168 valence electrons. The van der Waals surface area contributed by atoms with Gasteiger partial charge in [-0.05, 0) is 42.5 Å². The Morgan fingerprint density at radius 3 is 2.28 bits per heavy atom. The number of pyridine rings is 1. The van der Waals surface area contributed by atoms with Crippen LogP contribution in [0.4, 0.5) is 37.8 Å². The summed E-state index contributed by atoms with van der Waals surface area (Å²) in [6, 6.07) is 8.50. The molecule has 1 aromatic carbocycles. The summed E-state index contributed by atoms with van der Waals surface area (Å²) in [6.07, 6.45) is -5.52.